The van der Waals surface area contributed by atoms with E-state index in [1.165, 1.54) is 11.3 Å². The molecule has 0 spiro atoms. The number of aryl methyl sites for hydroxylation is 1. The molecule has 0 aliphatic carbocycles. The quantitative estimate of drug-likeness (QED) is 0.495. The molecule has 0 radical (unpaired) electrons. The van der Waals surface area contributed by atoms with E-state index in [9.17, 15) is 9.59 Å². The molecule has 0 unspecified atom stereocenters. The second-order valence-corrected chi connectivity index (χ2v) is 6.35. The van der Waals surface area contributed by atoms with Gasteiger partial charge in [0.2, 0.25) is 5.78 Å². The summed E-state index contributed by atoms with van der Waals surface area (Å²) in [4.78, 5) is 25.7. The van der Waals surface area contributed by atoms with E-state index in [0.29, 0.717) is 16.0 Å². The standard InChI is InChI=1S/C20H16O3S/c1-14-9-11-15(12-10-14)18(21)19(16-6-3-2-4-7-16)23-20(22)17-8-5-13-24-17/h2-13,19H,1H3/t19-/m1/s1. The van der Waals surface area contributed by atoms with Crippen LogP contribution in [0.5, 0.6) is 0 Å². The zero-order valence-corrected chi connectivity index (χ0v) is 14.0. The van der Waals surface area contributed by atoms with Crippen molar-refractivity contribution in [2.75, 3.05) is 0 Å². The highest BCUT2D eigenvalue weighted by Gasteiger charge is 2.26. The molecule has 1 atom stereocenters. The van der Waals surface area contributed by atoms with Crippen molar-refractivity contribution in [1.29, 1.82) is 0 Å². The van der Waals surface area contributed by atoms with Gasteiger partial charge in [0.05, 0.1) is 0 Å². The van der Waals surface area contributed by atoms with E-state index >= 15 is 0 Å². The van der Waals surface area contributed by atoms with Crippen LogP contribution in [-0.2, 0) is 4.74 Å². The zero-order valence-electron chi connectivity index (χ0n) is 13.1. The maximum Gasteiger partial charge on any atom is 0.349 e. The summed E-state index contributed by atoms with van der Waals surface area (Å²) in [7, 11) is 0. The molecule has 24 heavy (non-hydrogen) atoms. The average Bonchev–Trinajstić information content (AvgIpc) is 3.15. The topological polar surface area (TPSA) is 43.4 Å². The number of esters is 1. The van der Waals surface area contributed by atoms with Crippen LogP contribution in [0.1, 0.15) is 37.3 Å². The summed E-state index contributed by atoms with van der Waals surface area (Å²) in [6, 6.07) is 19.8. The monoisotopic (exact) mass is 336 g/mol. The van der Waals surface area contributed by atoms with Gasteiger partial charge in [-0.1, -0.05) is 66.2 Å². The summed E-state index contributed by atoms with van der Waals surface area (Å²) in [5.74, 6) is -0.717. The van der Waals surface area contributed by atoms with Gasteiger partial charge in [-0.3, -0.25) is 4.79 Å². The van der Waals surface area contributed by atoms with Crippen LogP contribution in [0.25, 0.3) is 0 Å². The van der Waals surface area contributed by atoms with Crippen LogP contribution in [0.4, 0.5) is 0 Å². The first-order valence-electron chi connectivity index (χ1n) is 7.55. The maximum absolute atomic E-state index is 12.9. The number of rotatable bonds is 5. The van der Waals surface area contributed by atoms with Crippen LogP contribution in [0.15, 0.2) is 72.1 Å². The Morgan fingerprint density at radius 2 is 1.62 bits per heavy atom. The van der Waals surface area contributed by atoms with Crippen LogP contribution in [0, 0.1) is 6.92 Å². The second kappa shape index (κ2) is 7.23. The fourth-order valence-electron chi connectivity index (χ4n) is 2.33. The van der Waals surface area contributed by atoms with Crippen molar-refractivity contribution in [1.82, 2.24) is 0 Å². The van der Waals surface area contributed by atoms with Crippen LogP contribution in [0.3, 0.4) is 0 Å². The van der Waals surface area contributed by atoms with Crippen molar-refractivity contribution in [3.05, 3.63) is 93.7 Å². The van der Waals surface area contributed by atoms with Crippen LogP contribution in [0.2, 0.25) is 0 Å². The third-order valence-corrected chi connectivity index (χ3v) is 4.47. The molecular weight excluding hydrogens is 320 g/mol. The van der Waals surface area contributed by atoms with Crippen molar-refractivity contribution < 1.29 is 14.3 Å². The Balaban J connectivity index is 1.91. The molecule has 0 aliphatic rings. The Morgan fingerprint density at radius 3 is 2.25 bits per heavy atom. The van der Waals surface area contributed by atoms with E-state index in [2.05, 4.69) is 0 Å². The Bertz CT molecular complexity index is 821. The summed E-state index contributed by atoms with van der Waals surface area (Å²) >= 11 is 1.29. The second-order valence-electron chi connectivity index (χ2n) is 5.40. The molecule has 120 valence electrons. The lowest BCUT2D eigenvalue weighted by Gasteiger charge is -2.17. The van der Waals surface area contributed by atoms with Gasteiger partial charge in [0.1, 0.15) is 4.88 Å². The van der Waals surface area contributed by atoms with Crippen molar-refractivity contribution in [2.24, 2.45) is 0 Å². The number of ether oxygens (including phenoxy) is 1. The highest BCUT2D eigenvalue weighted by molar-refractivity contribution is 7.11. The van der Waals surface area contributed by atoms with Gasteiger partial charge in [-0.2, -0.15) is 0 Å². The first kappa shape index (κ1) is 16.1. The number of carbonyl (C=O) groups excluding carboxylic acids is 2. The van der Waals surface area contributed by atoms with E-state index in [0.717, 1.165) is 5.56 Å². The van der Waals surface area contributed by atoms with Crippen molar-refractivity contribution >= 4 is 23.1 Å². The zero-order chi connectivity index (χ0) is 16.9. The Kier molecular flexibility index (Phi) is 4.87. The van der Waals surface area contributed by atoms with E-state index in [4.69, 9.17) is 4.74 Å². The predicted molar refractivity (Wildman–Crippen MR) is 94.4 cm³/mol. The van der Waals surface area contributed by atoms with Crippen LogP contribution >= 0.6 is 11.3 Å². The molecule has 0 saturated carbocycles. The normalized spacial score (nSPS) is 11.7. The minimum atomic E-state index is -0.955. The average molecular weight is 336 g/mol. The lowest BCUT2D eigenvalue weighted by molar-refractivity contribution is 0.0285. The van der Waals surface area contributed by atoms with Gasteiger partial charge < -0.3 is 4.74 Å². The van der Waals surface area contributed by atoms with Crippen molar-refractivity contribution in [3.63, 3.8) is 0 Å². The van der Waals surface area contributed by atoms with Gasteiger partial charge in [0.15, 0.2) is 6.10 Å². The number of thiophene rings is 1. The first-order chi connectivity index (χ1) is 11.6. The smallest absolute Gasteiger partial charge is 0.349 e. The third-order valence-electron chi connectivity index (χ3n) is 3.62. The summed E-state index contributed by atoms with van der Waals surface area (Å²) in [5.41, 5.74) is 2.25. The molecule has 0 aliphatic heterocycles. The molecule has 3 rings (SSSR count). The Labute approximate surface area is 144 Å². The molecule has 4 heteroatoms. The SMILES string of the molecule is Cc1ccc(C(=O)[C@H](OC(=O)c2cccs2)c2ccccc2)cc1. The van der Waals surface area contributed by atoms with E-state index in [1.54, 1.807) is 41.8 Å². The van der Waals surface area contributed by atoms with Gasteiger partial charge in [0, 0.05) is 11.1 Å². The fourth-order valence-corrected chi connectivity index (χ4v) is 2.94. The van der Waals surface area contributed by atoms with Gasteiger partial charge in [-0.05, 0) is 18.4 Å². The van der Waals surface area contributed by atoms with E-state index < -0.39 is 12.1 Å². The largest absolute Gasteiger partial charge is 0.445 e. The van der Waals surface area contributed by atoms with Crippen molar-refractivity contribution in [3.8, 4) is 0 Å². The highest BCUT2D eigenvalue weighted by Crippen LogP contribution is 2.25. The molecule has 0 bridgehead atoms. The first-order valence-corrected chi connectivity index (χ1v) is 8.43. The highest BCUT2D eigenvalue weighted by atomic mass is 32.1. The van der Waals surface area contributed by atoms with E-state index in [-0.39, 0.29) is 5.78 Å². The molecule has 3 aromatic rings. The maximum atomic E-state index is 12.9. The molecule has 1 aromatic heterocycles. The van der Waals surface area contributed by atoms with Gasteiger partial charge >= 0.3 is 5.97 Å². The molecule has 0 fully saturated rings. The van der Waals surface area contributed by atoms with Gasteiger partial charge in [-0.15, -0.1) is 11.3 Å². The predicted octanol–water partition coefficient (Wildman–Crippen LogP) is 4.84. The summed E-state index contributed by atoms with van der Waals surface area (Å²) < 4.78 is 5.55. The molecule has 0 N–H and O–H groups in total. The number of ketones is 1. The third kappa shape index (κ3) is 3.60. The number of hydrogen-bond acceptors (Lipinski definition) is 4. The van der Waals surface area contributed by atoms with Gasteiger partial charge in [-0.25, -0.2) is 4.79 Å². The summed E-state index contributed by atoms with van der Waals surface area (Å²) in [6.07, 6.45) is -0.955. The Hall–Kier alpha value is -2.72. The number of Topliss-reactive ketones (excluding diaryl/α,β-unsaturated/α-hetero) is 1. The van der Waals surface area contributed by atoms with Gasteiger partial charge in [0.25, 0.3) is 0 Å². The Morgan fingerprint density at radius 1 is 0.917 bits per heavy atom. The van der Waals surface area contributed by atoms with Crippen LogP contribution in [-0.4, -0.2) is 11.8 Å². The molecule has 0 amide bonds. The lowest BCUT2D eigenvalue weighted by Crippen LogP contribution is -2.20. The molecular formula is C20H16O3S. The molecule has 1 heterocycles. The fraction of sp³-hybridized carbons (Fsp3) is 0.100. The summed E-state index contributed by atoms with van der Waals surface area (Å²) in [5, 5.41) is 1.80. The summed E-state index contributed by atoms with van der Waals surface area (Å²) in [6.45, 7) is 1.96. The number of hydrogen-bond donors (Lipinski definition) is 0. The van der Waals surface area contributed by atoms with Crippen LogP contribution < -0.4 is 0 Å². The molecule has 3 nitrogen and oxygen atoms in total. The van der Waals surface area contributed by atoms with E-state index in [1.807, 2.05) is 37.3 Å². The number of benzene rings is 2. The minimum Gasteiger partial charge on any atom is -0.445 e. The lowest BCUT2D eigenvalue weighted by atomic mass is 9.99. The molecule has 0 saturated heterocycles. The number of carbonyl (C=O) groups is 2. The molecule has 2 aromatic carbocycles. The minimum absolute atomic E-state index is 0.230. The van der Waals surface area contributed by atoms with Crippen molar-refractivity contribution in [2.45, 2.75) is 13.0 Å².